The van der Waals surface area contributed by atoms with Crippen LogP contribution in [0.4, 0.5) is 5.82 Å². The minimum absolute atomic E-state index is 0.0478. The van der Waals surface area contributed by atoms with Crippen molar-refractivity contribution >= 4 is 41.0 Å². The number of amides is 1. The molecule has 1 aromatic heterocycles. The summed E-state index contributed by atoms with van der Waals surface area (Å²) in [5.41, 5.74) is 9.41. The fourth-order valence-electron chi connectivity index (χ4n) is 3.36. The third-order valence-corrected chi connectivity index (χ3v) is 8.25. The Balaban J connectivity index is 1.67. The van der Waals surface area contributed by atoms with Gasteiger partial charge in [0.1, 0.15) is 17.7 Å². The Morgan fingerprint density at radius 2 is 1.97 bits per heavy atom. The number of benzene rings is 1. The van der Waals surface area contributed by atoms with Crippen molar-refractivity contribution in [3.05, 3.63) is 59.8 Å². The molecule has 1 aromatic carbocycles. The highest BCUT2D eigenvalue weighted by molar-refractivity contribution is 8.21. The summed E-state index contributed by atoms with van der Waals surface area (Å²) in [4.78, 5) is 22.6. The molecule has 11 heteroatoms. The van der Waals surface area contributed by atoms with Gasteiger partial charge in [-0.2, -0.15) is 5.53 Å². The average molecular weight is 488 g/mol. The van der Waals surface area contributed by atoms with Crippen LogP contribution in [0.1, 0.15) is 24.6 Å². The van der Waals surface area contributed by atoms with Crippen LogP contribution in [0.3, 0.4) is 0 Å². The molecule has 1 fully saturated rings. The van der Waals surface area contributed by atoms with Crippen LogP contribution in [-0.4, -0.2) is 57.5 Å². The molecular weight excluding hydrogens is 458 g/mol. The molecule has 1 amide bonds. The zero-order valence-electron chi connectivity index (χ0n) is 18.9. The fourth-order valence-corrected chi connectivity index (χ4v) is 6.19. The van der Waals surface area contributed by atoms with Crippen LogP contribution in [0.5, 0.6) is 0 Å². The first kappa shape index (κ1) is 25.0. The van der Waals surface area contributed by atoms with Crippen molar-refractivity contribution in [1.82, 2.24) is 15.3 Å². The van der Waals surface area contributed by atoms with Gasteiger partial charge in [0.25, 0.3) is 0 Å². The Hall–Kier alpha value is -2.63. The van der Waals surface area contributed by atoms with Crippen molar-refractivity contribution < 1.29 is 9.63 Å². The van der Waals surface area contributed by atoms with Gasteiger partial charge in [0.15, 0.2) is 6.61 Å². The molecule has 0 saturated carbocycles. The number of carbonyl (C=O) groups excluding carboxylic acids is 1. The molecular formula is C22H29N7O2S2. The first-order chi connectivity index (χ1) is 15.9. The number of nitrogens with one attached hydrogen (secondary N) is 3. The number of aromatic nitrogens is 1. The molecule has 1 unspecified atom stereocenters. The molecule has 0 aliphatic carbocycles. The molecule has 1 saturated heterocycles. The summed E-state index contributed by atoms with van der Waals surface area (Å²) in [6.45, 7) is 2.24. The lowest BCUT2D eigenvalue weighted by Crippen LogP contribution is -2.45. The van der Waals surface area contributed by atoms with Crippen molar-refractivity contribution in [2.75, 3.05) is 30.9 Å². The maximum absolute atomic E-state index is 12.5. The molecule has 1 atom stereocenters. The van der Waals surface area contributed by atoms with Crippen molar-refractivity contribution in [3.63, 3.8) is 0 Å². The zero-order valence-corrected chi connectivity index (χ0v) is 20.6. The van der Waals surface area contributed by atoms with Gasteiger partial charge in [-0.25, -0.2) is 4.98 Å². The number of hydrogen-bond acceptors (Lipinski definition) is 9. The topological polar surface area (TPSA) is 115 Å². The quantitative estimate of drug-likeness (QED) is 0.190. The molecule has 0 spiro atoms. The largest absolute Gasteiger partial charge is 0.389 e. The highest BCUT2D eigenvalue weighted by Gasteiger charge is 2.32. The first-order valence-electron chi connectivity index (χ1n) is 10.5. The van der Waals surface area contributed by atoms with Gasteiger partial charge in [0.05, 0.1) is 16.2 Å². The van der Waals surface area contributed by atoms with E-state index in [9.17, 15) is 4.79 Å². The van der Waals surface area contributed by atoms with Crippen LogP contribution in [-0.2, 0) is 16.2 Å². The monoisotopic (exact) mass is 487 g/mol. The minimum atomic E-state index is -0.448. The second kappa shape index (κ2) is 12.0. The number of hydrogen-bond donors (Lipinski definition) is 3. The van der Waals surface area contributed by atoms with Gasteiger partial charge in [-0.15, -0.1) is 23.5 Å². The number of rotatable bonds is 11. The molecule has 1 aliphatic rings. The molecule has 2 heterocycles. The molecule has 33 heavy (non-hydrogen) atoms. The summed E-state index contributed by atoms with van der Waals surface area (Å²) in [5, 5.41) is 15.3. The summed E-state index contributed by atoms with van der Waals surface area (Å²) in [5.74, 6) is 2.59. The van der Waals surface area contributed by atoms with Crippen LogP contribution in [0.25, 0.3) is 0 Å². The molecule has 1 aliphatic heterocycles. The molecule has 0 bridgehead atoms. The average Bonchev–Trinajstić information content (AvgIpc) is 3.24. The summed E-state index contributed by atoms with van der Waals surface area (Å²) in [6.07, 6.45) is -0.00806. The predicted octanol–water partition coefficient (Wildman–Crippen LogP) is 3.95. The fraction of sp³-hybridized carbons (Fsp3) is 0.409. The first-order valence-corrected chi connectivity index (χ1v) is 12.5. The van der Waals surface area contributed by atoms with E-state index in [-0.39, 0.29) is 16.6 Å². The summed E-state index contributed by atoms with van der Waals surface area (Å²) in [6, 6.07) is 15.0. The number of nitrogens with zero attached hydrogens (tertiary/aromatic N) is 4. The molecule has 2 aromatic rings. The molecule has 176 valence electrons. The zero-order chi connectivity index (χ0) is 23.7. The number of likely N-dealkylation sites (N-methyl/N-ethyl adjacent to an activating group) is 2. The van der Waals surface area contributed by atoms with E-state index < -0.39 is 6.17 Å². The van der Waals surface area contributed by atoms with E-state index in [0.717, 1.165) is 17.1 Å². The molecule has 3 N–H and O–H groups in total. The van der Waals surface area contributed by atoms with Crippen LogP contribution in [0, 0.1) is 5.53 Å². The van der Waals surface area contributed by atoms with Crippen LogP contribution in [0.15, 0.2) is 58.9 Å². The van der Waals surface area contributed by atoms with Gasteiger partial charge in [-0.3, -0.25) is 15.1 Å². The maximum Gasteiger partial charge on any atom is 0.227 e. The third kappa shape index (κ3) is 7.18. The number of pyridine rings is 1. The summed E-state index contributed by atoms with van der Waals surface area (Å²) in [7, 11) is 3.45. The van der Waals surface area contributed by atoms with Gasteiger partial charge >= 0.3 is 0 Å². The van der Waals surface area contributed by atoms with E-state index in [0.29, 0.717) is 23.6 Å². The summed E-state index contributed by atoms with van der Waals surface area (Å²) >= 11 is 3.65. The van der Waals surface area contributed by atoms with Crippen molar-refractivity contribution in [3.8, 4) is 0 Å². The number of anilines is 1. The molecule has 3 rings (SSSR count). The Kier molecular flexibility index (Phi) is 9.10. The van der Waals surface area contributed by atoms with Crippen LogP contribution < -0.4 is 10.6 Å². The Labute approximate surface area is 202 Å². The van der Waals surface area contributed by atoms with E-state index in [4.69, 9.17) is 10.4 Å². The predicted molar refractivity (Wildman–Crippen MR) is 134 cm³/mol. The Morgan fingerprint density at radius 1 is 1.24 bits per heavy atom. The Morgan fingerprint density at radius 3 is 2.64 bits per heavy atom. The highest BCUT2D eigenvalue weighted by atomic mass is 32.2. The lowest BCUT2D eigenvalue weighted by atomic mass is 10.1. The van der Waals surface area contributed by atoms with E-state index in [1.807, 2.05) is 66.0 Å². The standard InChI is InChI=1S/C22H29N7O2S2/c1-22(32-12-13-33-22)14-19(30)26-18-11-7-10-17(25-18)15-31-27-20(16-8-5-4-6-9-16)21(24-2)29(3)28-23/h4-11,21,23-24H,12-15H2,1-3H3,(H,25,26,30)/b27-20-,28-23?. The van der Waals surface area contributed by atoms with Crippen molar-refractivity contribution in [2.45, 2.75) is 30.2 Å². The van der Waals surface area contributed by atoms with Crippen molar-refractivity contribution in [1.29, 1.82) is 5.53 Å². The van der Waals surface area contributed by atoms with Gasteiger partial charge in [0, 0.05) is 24.1 Å². The molecule has 0 radical (unpaired) electrons. The van der Waals surface area contributed by atoms with Gasteiger partial charge < -0.3 is 10.2 Å². The van der Waals surface area contributed by atoms with E-state index in [1.165, 1.54) is 5.01 Å². The van der Waals surface area contributed by atoms with Crippen LogP contribution >= 0.6 is 23.5 Å². The summed E-state index contributed by atoms with van der Waals surface area (Å²) < 4.78 is -0.0737. The normalized spacial score (nSPS) is 16.2. The smallest absolute Gasteiger partial charge is 0.227 e. The van der Waals surface area contributed by atoms with E-state index >= 15 is 0 Å². The van der Waals surface area contributed by atoms with Gasteiger partial charge in [-0.05, 0) is 26.1 Å². The SMILES string of the molecule is CNC(/C(=N\OCc1cccc(NC(=O)CC2(C)SCCS2)n1)c1ccccc1)N(C)N=N. The third-order valence-electron chi connectivity index (χ3n) is 4.96. The van der Waals surface area contributed by atoms with Crippen LogP contribution in [0.2, 0.25) is 0 Å². The number of thioether (sulfide) groups is 2. The lowest BCUT2D eigenvalue weighted by Gasteiger charge is -2.24. The maximum atomic E-state index is 12.5. The highest BCUT2D eigenvalue weighted by Crippen LogP contribution is 2.45. The molecule has 9 nitrogen and oxygen atoms in total. The van der Waals surface area contributed by atoms with Gasteiger partial charge in [0.2, 0.25) is 5.91 Å². The lowest BCUT2D eigenvalue weighted by molar-refractivity contribution is -0.116. The Bertz CT molecular complexity index is 968. The number of oxime groups is 1. The second-order valence-electron chi connectivity index (χ2n) is 7.55. The van der Waals surface area contributed by atoms with Crippen molar-refractivity contribution in [2.24, 2.45) is 10.4 Å². The van der Waals surface area contributed by atoms with E-state index in [2.05, 4.69) is 32.9 Å². The second-order valence-corrected chi connectivity index (χ2v) is 11.0. The van der Waals surface area contributed by atoms with Gasteiger partial charge in [-0.1, -0.05) is 46.8 Å². The number of carbonyl (C=O) groups is 1. The minimum Gasteiger partial charge on any atom is -0.389 e. The van der Waals surface area contributed by atoms with E-state index in [1.54, 1.807) is 20.2 Å².